The first kappa shape index (κ1) is 10.2. The molecule has 0 radical (unpaired) electrons. The first-order chi connectivity index (χ1) is 6.61. The molecule has 74 valence electrons. The van der Waals surface area contributed by atoms with Gasteiger partial charge >= 0.3 is 5.97 Å². The van der Waals surface area contributed by atoms with Crippen molar-refractivity contribution in [3.05, 3.63) is 35.7 Å². The van der Waals surface area contributed by atoms with E-state index in [9.17, 15) is 9.18 Å². The molecule has 0 aliphatic rings. The maximum absolute atomic E-state index is 12.9. The Morgan fingerprint density at radius 3 is 2.79 bits per heavy atom. The molecule has 1 rings (SSSR count). The van der Waals surface area contributed by atoms with Crippen LogP contribution in [0.4, 0.5) is 4.39 Å². The molecule has 4 heteroatoms. The molecule has 0 amide bonds. The van der Waals surface area contributed by atoms with Crippen molar-refractivity contribution in [1.82, 2.24) is 0 Å². The highest BCUT2D eigenvalue weighted by Gasteiger charge is 1.98. The average Bonchev–Trinajstić information content (AvgIpc) is 2.14. The van der Waals surface area contributed by atoms with E-state index in [0.29, 0.717) is 11.3 Å². The molecule has 0 atom stereocenters. The number of hydrogen-bond acceptors (Lipinski definition) is 2. The van der Waals surface area contributed by atoms with Crippen molar-refractivity contribution in [1.29, 1.82) is 0 Å². The molecule has 0 unspecified atom stereocenters. The second kappa shape index (κ2) is 4.41. The van der Waals surface area contributed by atoms with Crippen LogP contribution in [0.3, 0.4) is 0 Å². The van der Waals surface area contributed by atoms with Crippen LogP contribution in [0.25, 0.3) is 6.08 Å². The Balaban J connectivity index is 2.97. The van der Waals surface area contributed by atoms with Gasteiger partial charge in [0.2, 0.25) is 0 Å². The van der Waals surface area contributed by atoms with E-state index in [-0.39, 0.29) is 0 Å². The third-order valence-corrected chi connectivity index (χ3v) is 1.55. The molecular formula is C10H9FO3. The smallest absolute Gasteiger partial charge is 0.328 e. The normalized spacial score (nSPS) is 10.4. The Morgan fingerprint density at radius 1 is 1.50 bits per heavy atom. The summed E-state index contributed by atoms with van der Waals surface area (Å²) < 4.78 is 17.7. The molecule has 0 bridgehead atoms. The van der Waals surface area contributed by atoms with Crippen LogP contribution in [0.15, 0.2) is 24.3 Å². The van der Waals surface area contributed by atoms with Gasteiger partial charge in [-0.15, -0.1) is 0 Å². The van der Waals surface area contributed by atoms with Crippen molar-refractivity contribution < 1.29 is 19.0 Å². The molecule has 0 saturated carbocycles. The van der Waals surface area contributed by atoms with Crippen molar-refractivity contribution in [2.24, 2.45) is 0 Å². The van der Waals surface area contributed by atoms with E-state index in [1.807, 2.05) is 0 Å². The van der Waals surface area contributed by atoms with Crippen LogP contribution >= 0.6 is 0 Å². The van der Waals surface area contributed by atoms with Crippen LogP contribution in [0, 0.1) is 5.82 Å². The van der Waals surface area contributed by atoms with Crippen molar-refractivity contribution in [3.8, 4) is 5.75 Å². The van der Waals surface area contributed by atoms with Crippen LogP contribution < -0.4 is 4.74 Å². The molecule has 1 N–H and O–H groups in total. The Labute approximate surface area is 80.4 Å². The van der Waals surface area contributed by atoms with Gasteiger partial charge in [0, 0.05) is 12.1 Å². The number of rotatable bonds is 3. The molecule has 0 spiro atoms. The van der Waals surface area contributed by atoms with Crippen LogP contribution in [0.1, 0.15) is 5.56 Å². The minimum atomic E-state index is -1.08. The number of hydrogen-bond donors (Lipinski definition) is 1. The topological polar surface area (TPSA) is 46.5 Å². The van der Waals surface area contributed by atoms with Crippen molar-refractivity contribution in [2.75, 3.05) is 7.11 Å². The van der Waals surface area contributed by atoms with E-state index >= 15 is 0 Å². The van der Waals surface area contributed by atoms with Gasteiger partial charge < -0.3 is 9.84 Å². The monoisotopic (exact) mass is 196 g/mol. The van der Waals surface area contributed by atoms with E-state index in [0.717, 1.165) is 6.08 Å². The number of carbonyl (C=O) groups is 1. The van der Waals surface area contributed by atoms with E-state index in [1.165, 1.54) is 25.3 Å². The van der Waals surface area contributed by atoms with E-state index < -0.39 is 11.8 Å². The first-order valence-corrected chi connectivity index (χ1v) is 3.87. The summed E-state index contributed by atoms with van der Waals surface area (Å²) in [5.74, 6) is -1.18. The molecule has 0 aliphatic carbocycles. The highest BCUT2D eigenvalue weighted by Crippen LogP contribution is 2.16. The predicted molar refractivity (Wildman–Crippen MR) is 49.6 cm³/mol. The molecule has 14 heavy (non-hydrogen) atoms. The molecule has 0 saturated heterocycles. The second-order valence-corrected chi connectivity index (χ2v) is 2.60. The molecular weight excluding hydrogens is 187 g/mol. The van der Waals surface area contributed by atoms with Crippen molar-refractivity contribution in [3.63, 3.8) is 0 Å². The first-order valence-electron chi connectivity index (χ1n) is 3.87. The lowest BCUT2D eigenvalue weighted by molar-refractivity contribution is -0.131. The Hall–Kier alpha value is -1.84. The zero-order chi connectivity index (χ0) is 10.6. The number of halogens is 1. The van der Waals surface area contributed by atoms with Crippen molar-refractivity contribution >= 4 is 12.0 Å². The van der Waals surface area contributed by atoms with Gasteiger partial charge in [0.1, 0.15) is 11.6 Å². The van der Waals surface area contributed by atoms with Gasteiger partial charge in [0.05, 0.1) is 7.11 Å². The summed E-state index contributed by atoms with van der Waals surface area (Å²) in [5.41, 5.74) is 0.448. The third kappa shape index (κ3) is 2.90. The summed E-state index contributed by atoms with van der Waals surface area (Å²) in [6, 6.07) is 3.99. The maximum atomic E-state index is 12.9. The van der Waals surface area contributed by atoms with Crippen LogP contribution in [-0.2, 0) is 4.79 Å². The number of methoxy groups -OCH3 is 1. The second-order valence-electron chi connectivity index (χ2n) is 2.60. The largest absolute Gasteiger partial charge is 0.497 e. The SMILES string of the molecule is COc1cc(F)cc(/C=C\C(=O)O)c1. The quantitative estimate of drug-likeness (QED) is 0.751. The molecule has 0 aromatic heterocycles. The minimum absolute atomic E-state index is 0.357. The highest BCUT2D eigenvalue weighted by atomic mass is 19.1. The van der Waals surface area contributed by atoms with Gasteiger partial charge in [-0.2, -0.15) is 0 Å². The molecule has 1 aromatic carbocycles. The minimum Gasteiger partial charge on any atom is -0.497 e. The van der Waals surface area contributed by atoms with Gasteiger partial charge in [-0.3, -0.25) is 0 Å². The molecule has 0 heterocycles. The summed E-state index contributed by atoms with van der Waals surface area (Å²) in [6.07, 6.45) is 2.24. The van der Waals surface area contributed by atoms with Gasteiger partial charge in [-0.05, 0) is 23.8 Å². The summed E-state index contributed by atoms with van der Waals surface area (Å²) in [4.78, 5) is 10.2. The lowest BCUT2D eigenvalue weighted by Crippen LogP contribution is -1.88. The lowest BCUT2D eigenvalue weighted by atomic mass is 10.2. The Bertz CT molecular complexity index is 372. The third-order valence-electron chi connectivity index (χ3n) is 1.55. The summed E-state index contributed by atoms with van der Waals surface area (Å²) in [7, 11) is 1.42. The van der Waals surface area contributed by atoms with Gasteiger partial charge in [-0.25, -0.2) is 9.18 Å². The zero-order valence-electron chi connectivity index (χ0n) is 7.53. The highest BCUT2D eigenvalue weighted by molar-refractivity contribution is 5.85. The standard InChI is InChI=1S/C10H9FO3/c1-14-9-5-7(2-3-10(12)13)4-8(11)6-9/h2-6H,1H3,(H,12,13)/b3-2-. The summed E-state index contributed by atoms with van der Waals surface area (Å²) >= 11 is 0. The Kier molecular flexibility index (Phi) is 3.23. The van der Waals surface area contributed by atoms with Gasteiger partial charge in [0.15, 0.2) is 0 Å². The van der Waals surface area contributed by atoms with Crippen LogP contribution in [-0.4, -0.2) is 18.2 Å². The fourth-order valence-corrected chi connectivity index (χ4v) is 0.966. The lowest BCUT2D eigenvalue weighted by Gasteiger charge is -2.00. The zero-order valence-corrected chi connectivity index (χ0v) is 7.53. The molecule has 0 fully saturated rings. The fraction of sp³-hybridized carbons (Fsp3) is 0.100. The molecule has 3 nitrogen and oxygen atoms in total. The number of aliphatic carboxylic acids is 1. The van der Waals surface area contributed by atoms with E-state index in [2.05, 4.69) is 0 Å². The summed E-state index contributed by atoms with van der Waals surface area (Å²) in [6.45, 7) is 0. The van der Waals surface area contributed by atoms with Gasteiger partial charge in [-0.1, -0.05) is 0 Å². The number of carboxylic acid groups (broad SMARTS) is 1. The number of benzene rings is 1. The molecule has 0 aliphatic heterocycles. The maximum Gasteiger partial charge on any atom is 0.328 e. The number of ether oxygens (including phenoxy) is 1. The summed E-state index contributed by atoms with van der Waals surface area (Å²) in [5, 5.41) is 8.36. The Morgan fingerprint density at radius 2 is 2.21 bits per heavy atom. The van der Waals surface area contributed by atoms with E-state index in [1.54, 1.807) is 6.07 Å². The number of carboxylic acids is 1. The van der Waals surface area contributed by atoms with Gasteiger partial charge in [0.25, 0.3) is 0 Å². The van der Waals surface area contributed by atoms with Crippen molar-refractivity contribution in [2.45, 2.75) is 0 Å². The average molecular weight is 196 g/mol. The van der Waals surface area contributed by atoms with Crippen LogP contribution in [0.2, 0.25) is 0 Å². The fourth-order valence-electron chi connectivity index (χ4n) is 0.966. The molecule has 1 aromatic rings. The van der Waals surface area contributed by atoms with Crippen LogP contribution in [0.5, 0.6) is 5.75 Å². The van der Waals surface area contributed by atoms with E-state index in [4.69, 9.17) is 9.84 Å². The predicted octanol–water partition coefficient (Wildman–Crippen LogP) is 1.93.